The molecule has 0 aliphatic heterocycles. The van der Waals surface area contributed by atoms with Gasteiger partial charge >= 0.3 is 0 Å². The van der Waals surface area contributed by atoms with Crippen molar-refractivity contribution in [2.75, 3.05) is 12.8 Å². The van der Waals surface area contributed by atoms with E-state index in [2.05, 4.69) is 31.2 Å². The summed E-state index contributed by atoms with van der Waals surface area (Å²) in [6.07, 6.45) is 0. The molecule has 0 heterocycles. The van der Waals surface area contributed by atoms with Crippen LogP contribution in [0.1, 0.15) is 26.3 Å². The molecule has 0 bridgehead atoms. The molecule has 0 radical (unpaired) electrons. The summed E-state index contributed by atoms with van der Waals surface area (Å²) in [5, 5.41) is 0. The Balaban J connectivity index is 2.65. The summed E-state index contributed by atoms with van der Waals surface area (Å²) in [5.74, 6) is 1.02. The zero-order valence-electron chi connectivity index (χ0n) is 11.6. The number of thioether (sulfide) groups is 1. The minimum atomic E-state index is -0.813. The predicted molar refractivity (Wildman–Crippen MR) is 77.6 cm³/mol. The minimum absolute atomic E-state index is 0.0468. The van der Waals surface area contributed by atoms with E-state index in [9.17, 15) is 4.79 Å². The molecule has 3 nitrogen and oxygen atoms in total. The average molecular weight is 266 g/mol. The van der Waals surface area contributed by atoms with Crippen LogP contribution in [0.5, 0.6) is 0 Å². The van der Waals surface area contributed by atoms with Crippen molar-refractivity contribution in [3.05, 3.63) is 29.8 Å². The number of hydrogen-bond acceptors (Lipinski definition) is 3. The van der Waals surface area contributed by atoms with Crippen LogP contribution in [0.25, 0.3) is 0 Å². The van der Waals surface area contributed by atoms with Gasteiger partial charge in [-0.05, 0) is 37.3 Å². The van der Waals surface area contributed by atoms with Crippen LogP contribution in [0.2, 0.25) is 0 Å². The fraction of sp³-hybridized carbons (Fsp3) is 0.500. The van der Waals surface area contributed by atoms with Crippen molar-refractivity contribution in [1.29, 1.82) is 0 Å². The first-order valence-electron chi connectivity index (χ1n) is 6.10. The highest BCUT2D eigenvalue weighted by Gasteiger charge is 2.25. The largest absolute Gasteiger partial charge is 0.340 e. The highest BCUT2D eigenvalue weighted by Crippen LogP contribution is 2.18. The Morgan fingerprint density at radius 3 is 2.33 bits per heavy atom. The zero-order valence-corrected chi connectivity index (χ0v) is 12.4. The standard InChI is InChI=1S/C14H22N2OS/c1-5-18-12-8-6-11(7-9-12)10-16(4)13(17)14(2,3)15/h6-9H,5,10,15H2,1-4H3. The lowest BCUT2D eigenvalue weighted by Crippen LogP contribution is -2.49. The minimum Gasteiger partial charge on any atom is -0.340 e. The molecule has 100 valence electrons. The SMILES string of the molecule is CCSc1ccc(CN(C)C(=O)C(C)(C)N)cc1. The van der Waals surface area contributed by atoms with Crippen LogP contribution in [-0.2, 0) is 11.3 Å². The van der Waals surface area contributed by atoms with Crippen molar-refractivity contribution >= 4 is 17.7 Å². The molecule has 0 aromatic heterocycles. The smallest absolute Gasteiger partial charge is 0.242 e. The van der Waals surface area contributed by atoms with Crippen molar-refractivity contribution in [2.45, 2.75) is 37.8 Å². The molecule has 4 heteroatoms. The summed E-state index contributed by atoms with van der Waals surface area (Å²) in [4.78, 5) is 14.9. The maximum absolute atomic E-state index is 11.9. The third-order valence-electron chi connectivity index (χ3n) is 2.55. The van der Waals surface area contributed by atoms with Crippen LogP contribution >= 0.6 is 11.8 Å². The Morgan fingerprint density at radius 2 is 1.89 bits per heavy atom. The van der Waals surface area contributed by atoms with Gasteiger partial charge in [-0.2, -0.15) is 0 Å². The second-order valence-corrected chi connectivity index (χ2v) is 6.30. The van der Waals surface area contributed by atoms with Gasteiger partial charge in [0.25, 0.3) is 0 Å². The first-order chi connectivity index (χ1) is 8.34. The van der Waals surface area contributed by atoms with Crippen LogP contribution in [-0.4, -0.2) is 29.1 Å². The molecular formula is C14H22N2OS. The van der Waals surface area contributed by atoms with Crippen LogP contribution in [0.4, 0.5) is 0 Å². The summed E-state index contributed by atoms with van der Waals surface area (Å²) in [6, 6.07) is 8.31. The summed E-state index contributed by atoms with van der Waals surface area (Å²) in [5.41, 5.74) is 6.11. The molecule has 1 amide bonds. The maximum atomic E-state index is 11.9. The Labute approximate surface area is 114 Å². The Hall–Kier alpha value is -1.00. The number of rotatable bonds is 5. The molecule has 0 spiro atoms. The first kappa shape index (κ1) is 15.1. The van der Waals surface area contributed by atoms with E-state index in [0.717, 1.165) is 11.3 Å². The van der Waals surface area contributed by atoms with Crippen LogP contribution in [0.3, 0.4) is 0 Å². The van der Waals surface area contributed by atoms with Gasteiger partial charge in [0.2, 0.25) is 5.91 Å². The van der Waals surface area contributed by atoms with Gasteiger partial charge in [0.05, 0.1) is 5.54 Å². The normalized spacial score (nSPS) is 11.4. The molecule has 0 aliphatic rings. The zero-order chi connectivity index (χ0) is 13.8. The summed E-state index contributed by atoms with van der Waals surface area (Å²) in [6.45, 7) is 6.19. The molecule has 1 rings (SSSR count). The third-order valence-corrected chi connectivity index (χ3v) is 3.45. The summed E-state index contributed by atoms with van der Waals surface area (Å²) >= 11 is 1.81. The van der Waals surface area contributed by atoms with E-state index < -0.39 is 5.54 Å². The summed E-state index contributed by atoms with van der Waals surface area (Å²) in [7, 11) is 1.78. The van der Waals surface area contributed by atoms with E-state index in [1.165, 1.54) is 4.90 Å². The third kappa shape index (κ3) is 4.35. The van der Waals surface area contributed by atoms with Gasteiger partial charge in [0.15, 0.2) is 0 Å². The number of benzene rings is 1. The molecule has 0 fully saturated rings. The average Bonchev–Trinajstić information content (AvgIpc) is 2.30. The van der Waals surface area contributed by atoms with Gasteiger partial charge in [0.1, 0.15) is 0 Å². The number of amides is 1. The molecule has 0 atom stereocenters. The fourth-order valence-corrected chi connectivity index (χ4v) is 2.36. The number of likely N-dealkylation sites (N-methyl/N-ethyl adjacent to an activating group) is 1. The lowest BCUT2D eigenvalue weighted by Gasteiger charge is -2.25. The molecule has 0 aliphatic carbocycles. The number of hydrogen-bond donors (Lipinski definition) is 1. The van der Waals surface area contributed by atoms with Gasteiger partial charge in [-0.3, -0.25) is 4.79 Å². The molecule has 2 N–H and O–H groups in total. The second kappa shape index (κ2) is 6.25. The van der Waals surface area contributed by atoms with Crippen molar-refractivity contribution < 1.29 is 4.79 Å². The number of carbonyl (C=O) groups excluding carboxylic acids is 1. The number of carbonyl (C=O) groups is 1. The topological polar surface area (TPSA) is 46.3 Å². The molecular weight excluding hydrogens is 244 g/mol. The fourth-order valence-electron chi connectivity index (χ4n) is 1.70. The number of nitrogens with zero attached hydrogens (tertiary/aromatic N) is 1. The number of nitrogens with two attached hydrogens (primary N) is 1. The van der Waals surface area contributed by atoms with Gasteiger partial charge in [-0.15, -0.1) is 11.8 Å². The molecule has 0 saturated carbocycles. The molecule has 1 aromatic carbocycles. The molecule has 0 unspecified atom stereocenters. The summed E-state index contributed by atoms with van der Waals surface area (Å²) < 4.78 is 0. The van der Waals surface area contributed by atoms with Crippen molar-refractivity contribution in [3.63, 3.8) is 0 Å². The van der Waals surface area contributed by atoms with Crippen LogP contribution < -0.4 is 5.73 Å². The Kier molecular flexibility index (Phi) is 5.23. The maximum Gasteiger partial charge on any atom is 0.242 e. The van der Waals surface area contributed by atoms with Gasteiger partial charge in [0, 0.05) is 18.5 Å². The molecule has 1 aromatic rings. The van der Waals surface area contributed by atoms with E-state index in [-0.39, 0.29) is 5.91 Å². The van der Waals surface area contributed by atoms with Crippen molar-refractivity contribution in [2.24, 2.45) is 5.73 Å². The quantitative estimate of drug-likeness (QED) is 0.833. The highest BCUT2D eigenvalue weighted by atomic mass is 32.2. The van der Waals surface area contributed by atoms with Crippen molar-refractivity contribution in [1.82, 2.24) is 4.90 Å². The Bertz CT molecular complexity index is 395. The lowest BCUT2D eigenvalue weighted by atomic mass is 10.1. The Morgan fingerprint density at radius 1 is 1.33 bits per heavy atom. The predicted octanol–water partition coefficient (Wildman–Crippen LogP) is 2.49. The van der Waals surface area contributed by atoms with Crippen molar-refractivity contribution in [3.8, 4) is 0 Å². The highest BCUT2D eigenvalue weighted by molar-refractivity contribution is 7.99. The van der Waals surface area contributed by atoms with E-state index in [1.54, 1.807) is 25.8 Å². The molecule has 18 heavy (non-hydrogen) atoms. The van der Waals surface area contributed by atoms with Crippen LogP contribution in [0.15, 0.2) is 29.2 Å². The molecule has 0 saturated heterocycles. The first-order valence-corrected chi connectivity index (χ1v) is 7.09. The lowest BCUT2D eigenvalue weighted by molar-refractivity contribution is -0.134. The van der Waals surface area contributed by atoms with E-state index in [1.807, 2.05) is 11.8 Å². The van der Waals surface area contributed by atoms with Gasteiger partial charge in [-0.1, -0.05) is 19.1 Å². The monoisotopic (exact) mass is 266 g/mol. The van der Waals surface area contributed by atoms with Gasteiger partial charge in [-0.25, -0.2) is 0 Å². The van der Waals surface area contributed by atoms with E-state index in [4.69, 9.17) is 5.73 Å². The van der Waals surface area contributed by atoms with E-state index >= 15 is 0 Å². The van der Waals surface area contributed by atoms with E-state index in [0.29, 0.717) is 6.54 Å². The van der Waals surface area contributed by atoms with Crippen LogP contribution in [0, 0.1) is 0 Å². The second-order valence-electron chi connectivity index (χ2n) is 4.96. The van der Waals surface area contributed by atoms with Gasteiger partial charge < -0.3 is 10.6 Å².